The molecule has 0 bridgehead atoms. The van der Waals surface area contributed by atoms with Gasteiger partial charge in [0.05, 0.1) is 0 Å². The van der Waals surface area contributed by atoms with E-state index in [0.717, 1.165) is 0 Å². The smallest absolute Gasteiger partial charge is 0.343 e. The van der Waals surface area contributed by atoms with Crippen molar-refractivity contribution in [3.63, 3.8) is 0 Å². The molecule has 68 valence electrons. The molecule has 1 aliphatic heterocycles. The van der Waals surface area contributed by atoms with E-state index >= 15 is 0 Å². The maximum Gasteiger partial charge on any atom is 0.343 e. The third-order valence-corrected chi connectivity index (χ3v) is 1.90. The van der Waals surface area contributed by atoms with Crippen molar-refractivity contribution in [3.8, 4) is 0 Å². The second-order valence-corrected chi connectivity index (χ2v) is 2.61. The van der Waals surface area contributed by atoms with E-state index in [1.54, 1.807) is 0 Å². The summed E-state index contributed by atoms with van der Waals surface area (Å²) in [5.41, 5.74) is -2.52. The predicted molar refractivity (Wildman–Crippen MR) is 34.1 cm³/mol. The summed E-state index contributed by atoms with van der Waals surface area (Å²) >= 11 is 0. The van der Waals surface area contributed by atoms with E-state index in [1.807, 2.05) is 0 Å². The van der Waals surface area contributed by atoms with Gasteiger partial charge in [-0.05, 0) is 6.92 Å². The highest BCUT2D eigenvalue weighted by atomic mass is 16.6. The van der Waals surface area contributed by atoms with Crippen LogP contribution in [0.3, 0.4) is 0 Å². The van der Waals surface area contributed by atoms with Gasteiger partial charge in [0.15, 0.2) is 6.10 Å². The van der Waals surface area contributed by atoms with Crippen LogP contribution in [-0.4, -0.2) is 45.1 Å². The number of carboxylic acid groups (broad SMARTS) is 1. The Morgan fingerprint density at radius 3 is 2.33 bits per heavy atom. The van der Waals surface area contributed by atoms with Crippen molar-refractivity contribution in [1.82, 2.24) is 0 Å². The summed E-state index contributed by atoms with van der Waals surface area (Å²) in [5.74, 6) is -2.79. The van der Waals surface area contributed by atoms with Crippen molar-refractivity contribution >= 4 is 11.9 Å². The van der Waals surface area contributed by atoms with Gasteiger partial charge in [-0.2, -0.15) is 0 Å². The fourth-order valence-corrected chi connectivity index (χ4v) is 1.02. The first-order valence-corrected chi connectivity index (χ1v) is 3.25. The molecule has 0 unspecified atom stereocenters. The van der Waals surface area contributed by atoms with Crippen LogP contribution in [0.4, 0.5) is 0 Å². The number of ether oxygens (including phenoxy) is 1. The SMILES string of the molecule is C[C@@H]1OC(=O)[C@@H](O)[C@@]1(O)C(=O)O. The molecular formula is C6H8O6. The minimum Gasteiger partial charge on any atom is -0.479 e. The van der Waals surface area contributed by atoms with Gasteiger partial charge in [-0.1, -0.05) is 0 Å². The second kappa shape index (κ2) is 2.43. The summed E-state index contributed by atoms with van der Waals surface area (Å²) < 4.78 is 4.33. The zero-order chi connectivity index (χ0) is 9.52. The van der Waals surface area contributed by atoms with Crippen molar-refractivity contribution in [2.24, 2.45) is 0 Å². The highest BCUT2D eigenvalue weighted by molar-refractivity contribution is 5.91. The van der Waals surface area contributed by atoms with E-state index in [9.17, 15) is 14.7 Å². The summed E-state index contributed by atoms with van der Waals surface area (Å²) in [6.45, 7) is 1.20. The Morgan fingerprint density at radius 1 is 1.67 bits per heavy atom. The molecule has 12 heavy (non-hydrogen) atoms. The number of hydrogen-bond donors (Lipinski definition) is 3. The number of aliphatic hydroxyl groups excluding tert-OH is 1. The highest BCUT2D eigenvalue weighted by Gasteiger charge is 2.59. The third kappa shape index (κ3) is 0.886. The molecule has 1 aliphatic rings. The summed E-state index contributed by atoms with van der Waals surface area (Å²) in [4.78, 5) is 21.1. The molecule has 0 aromatic heterocycles. The lowest BCUT2D eigenvalue weighted by Gasteiger charge is -2.20. The lowest BCUT2D eigenvalue weighted by molar-refractivity contribution is -0.172. The molecular weight excluding hydrogens is 168 g/mol. The average Bonchev–Trinajstić information content (AvgIpc) is 2.16. The number of esters is 1. The van der Waals surface area contributed by atoms with Crippen LogP contribution < -0.4 is 0 Å². The van der Waals surface area contributed by atoms with E-state index in [1.165, 1.54) is 6.92 Å². The summed E-state index contributed by atoms with van der Waals surface area (Å²) in [7, 11) is 0. The van der Waals surface area contributed by atoms with E-state index < -0.39 is 29.7 Å². The molecule has 1 fully saturated rings. The minimum atomic E-state index is -2.52. The molecule has 0 saturated carbocycles. The predicted octanol–water partition coefficient (Wildman–Crippen LogP) is -1.89. The van der Waals surface area contributed by atoms with Gasteiger partial charge in [0, 0.05) is 0 Å². The molecule has 1 heterocycles. The lowest BCUT2D eigenvalue weighted by atomic mass is 9.94. The monoisotopic (exact) mass is 176 g/mol. The van der Waals surface area contributed by atoms with Gasteiger partial charge < -0.3 is 20.1 Å². The van der Waals surface area contributed by atoms with Gasteiger partial charge in [-0.25, -0.2) is 9.59 Å². The third-order valence-electron chi connectivity index (χ3n) is 1.90. The van der Waals surface area contributed by atoms with Crippen LogP contribution in [0.15, 0.2) is 0 Å². The largest absolute Gasteiger partial charge is 0.479 e. The Morgan fingerprint density at radius 2 is 2.17 bits per heavy atom. The minimum absolute atomic E-state index is 1.12. The molecule has 0 aromatic carbocycles. The maximum absolute atomic E-state index is 10.6. The van der Waals surface area contributed by atoms with Gasteiger partial charge in [0.1, 0.15) is 6.10 Å². The van der Waals surface area contributed by atoms with Gasteiger partial charge in [-0.3, -0.25) is 0 Å². The quantitative estimate of drug-likeness (QED) is 0.403. The van der Waals surface area contributed by atoms with Gasteiger partial charge >= 0.3 is 11.9 Å². The van der Waals surface area contributed by atoms with Gasteiger partial charge in [-0.15, -0.1) is 0 Å². The van der Waals surface area contributed by atoms with Crippen LogP contribution in [0.1, 0.15) is 6.92 Å². The summed E-state index contributed by atoms with van der Waals surface area (Å²) in [6, 6.07) is 0. The Kier molecular flexibility index (Phi) is 1.81. The number of hydrogen-bond acceptors (Lipinski definition) is 5. The molecule has 3 N–H and O–H groups in total. The topological polar surface area (TPSA) is 104 Å². The second-order valence-electron chi connectivity index (χ2n) is 2.61. The fraction of sp³-hybridized carbons (Fsp3) is 0.667. The molecule has 0 aromatic rings. The number of carboxylic acids is 1. The standard InChI is InChI=1S/C6H8O6/c1-2-6(11,5(9)10)3(7)4(8)12-2/h2-3,7,11H,1H3,(H,9,10)/t2-,3+,6+/m0/s1. The number of aliphatic carboxylic acids is 1. The number of carbonyl (C=O) groups is 2. The number of carbonyl (C=O) groups excluding carboxylic acids is 1. The number of cyclic esters (lactones) is 1. The van der Waals surface area contributed by atoms with E-state index in [-0.39, 0.29) is 0 Å². The molecule has 1 saturated heterocycles. The molecule has 0 spiro atoms. The van der Waals surface area contributed by atoms with Crippen molar-refractivity contribution in [3.05, 3.63) is 0 Å². The molecule has 1 rings (SSSR count). The number of aliphatic hydroxyl groups is 2. The number of rotatable bonds is 1. The zero-order valence-electron chi connectivity index (χ0n) is 6.22. The Labute approximate surface area is 67.4 Å². The highest BCUT2D eigenvalue weighted by Crippen LogP contribution is 2.27. The van der Waals surface area contributed by atoms with Gasteiger partial charge in [0.25, 0.3) is 0 Å². The molecule has 6 nitrogen and oxygen atoms in total. The summed E-state index contributed by atoms with van der Waals surface area (Å²) in [6.07, 6.45) is -3.25. The van der Waals surface area contributed by atoms with E-state index in [4.69, 9.17) is 10.2 Å². The first-order chi connectivity index (χ1) is 5.40. The molecule has 6 heteroatoms. The van der Waals surface area contributed by atoms with Crippen LogP contribution in [0.25, 0.3) is 0 Å². The first kappa shape index (κ1) is 8.95. The average molecular weight is 176 g/mol. The van der Waals surface area contributed by atoms with Crippen LogP contribution in [0.5, 0.6) is 0 Å². The van der Waals surface area contributed by atoms with Crippen LogP contribution in [0, 0.1) is 0 Å². The Hall–Kier alpha value is -1.14. The van der Waals surface area contributed by atoms with Crippen LogP contribution in [-0.2, 0) is 14.3 Å². The normalized spacial score (nSPS) is 41.1. The van der Waals surface area contributed by atoms with Gasteiger partial charge in [0.2, 0.25) is 5.60 Å². The Bertz CT molecular complexity index is 236. The van der Waals surface area contributed by atoms with Crippen molar-refractivity contribution < 1.29 is 29.6 Å². The van der Waals surface area contributed by atoms with E-state index in [0.29, 0.717) is 0 Å². The van der Waals surface area contributed by atoms with Crippen LogP contribution in [0.2, 0.25) is 0 Å². The maximum atomic E-state index is 10.6. The van der Waals surface area contributed by atoms with Crippen LogP contribution >= 0.6 is 0 Å². The van der Waals surface area contributed by atoms with Crippen molar-refractivity contribution in [1.29, 1.82) is 0 Å². The molecule has 0 radical (unpaired) electrons. The Balaban J connectivity index is 3.03. The van der Waals surface area contributed by atoms with Crippen molar-refractivity contribution in [2.45, 2.75) is 24.7 Å². The fourth-order valence-electron chi connectivity index (χ4n) is 1.02. The summed E-state index contributed by atoms with van der Waals surface area (Å²) in [5, 5.41) is 26.7. The van der Waals surface area contributed by atoms with E-state index in [2.05, 4.69) is 4.74 Å². The van der Waals surface area contributed by atoms with Crippen molar-refractivity contribution in [2.75, 3.05) is 0 Å². The molecule has 0 amide bonds. The zero-order valence-corrected chi connectivity index (χ0v) is 6.22. The molecule has 0 aliphatic carbocycles. The lowest BCUT2D eigenvalue weighted by Crippen LogP contribution is -2.53. The molecule has 3 atom stereocenters. The first-order valence-electron chi connectivity index (χ1n) is 3.25.